The molecule has 0 amide bonds. The van der Waals surface area contributed by atoms with E-state index in [1.54, 1.807) is 12.6 Å². The molecule has 0 N–H and O–H groups in total. The second-order valence-corrected chi connectivity index (χ2v) is 10.3. The van der Waals surface area contributed by atoms with E-state index < -0.39 is 15.2 Å². The second-order valence-electron chi connectivity index (χ2n) is 0.941. The molecule has 1 heterocycles. The molecule has 0 aliphatic carbocycles. The average molecular weight is 371 g/mol. The molecule has 1 aliphatic heterocycles. The first kappa shape index (κ1) is 9.95. The Labute approximate surface area is 71.5 Å². The maximum atomic E-state index is 4.95. The van der Waals surface area contributed by atoms with Crippen molar-refractivity contribution in [2.24, 2.45) is 9.98 Å². The van der Waals surface area contributed by atoms with Crippen LogP contribution in [-0.4, -0.2) is 19.1 Å². The molecule has 0 fully saturated rings. The number of aliphatic imine (C=N–C) groups is 2. The van der Waals surface area contributed by atoms with E-state index in [0.717, 1.165) is 6.54 Å². The van der Waals surface area contributed by atoms with E-state index in [0.29, 0.717) is 0 Å². The Hall–Kier alpha value is 0.950. The fourth-order valence-electron chi connectivity index (χ4n) is 0.236. The molecule has 58 valence electrons. The molecule has 0 radical (unpaired) electrons. The zero-order valence-corrected chi connectivity index (χ0v) is 8.63. The number of halogens is 3. The van der Waals surface area contributed by atoms with E-state index in [2.05, 4.69) is 9.98 Å². The van der Waals surface area contributed by atoms with Crippen molar-refractivity contribution >= 4 is 40.1 Å². The van der Waals surface area contributed by atoms with E-state index in [4.69, 9.17) is 27.6 Å². The first-order chi connectivity index (χ1) is 4.23. The molecular weight excluding hydrogens is 367 g/mol. The van der Waals surface area contributed by atoms with E-state index >= 15 is 0 Å². The molecule has 0 saturated heterocycles. The van der Waals surface area contributed by atoms with Gasteiger partial charge in [-0.1, -0.05) is 0 Å². The molecule has 9 heavy (non-hydrogen) atoms. The number of hydrogen-bond donors (Lipinski definition) is 0. The Bertz CT molecular complexity index is 101. The SMILES string of the molecule is C1=NC=NC1.[Cl][Au]([Cl])[Cl]. The molecule has 6 heteroatoms. The summed E-state index contributed by atoms with van der Waals surface area (Å²) in [5.41, 5.74) is 0. The van der Waals surface area contributed by atoms with Gasteiger partial charge in [-0.05, 0) is 0 Å². The summed E-state index contributed by atoms with van der Waals surface area (Å²) in [7, 11) is 14.9. The van der Waals surface area contributed by atoms with Crippen LogP contribution in [0.5, 0.6) is 0 Å². The minimum absolute atomic E-state index is 0.778. The van der Waals surface area contributed by atoms with Crippen LogP contribution in [0.2, 0.25) is 0 Å². The first-order valence-corrected chi connectivity index (χ1v) is 9.89. The predicted molar refractivity (Wildman–Crippen MR) is 39.4 cm³/mol. The third kappa shape index (κ3) is 12.2. The third-order valence-electron chi connectivity index (χ3n) is 0.441. The molecule has 0 unspecified atom stereocenters. The fourth-order valence-corrected chi connectivity index (χ4v) is 0.236. The van der Waals surface area contributed by atoms with Crippen molar-refractivity contribution in [3.63, 3.8) is 0 Å². The van der Waals surface area contributed by atoms with Crippen molar-refractivity contribution < 1.29 is 15.2 Å². The van der Waals surface area contributed by atoms with Crippen LogP contribution in [0.25, 0.3) is 0 Å². The fraction of sp³-hybridized carbons (Fsp3) is 0.333. The van der Waals surface area contributed by atoms with E-state index in [9.17, 15) is 0 Å². The van der Waals surface area contributed by atoms with Crippen LogP contribution in [0.4, 0.5) is 0 Å². The van der Waals surface area contributed by atoms with Gasteiger partial charge < -0.3 is 0 Å². The van der Waals surface area contributed by atoms with Crippen molar-refractivity contribution in [2.75, 3.05) is 6.54 Å². The minimum atomic E-state index is -1.79. The van der Waals surface area contributed by atoms with Gasteiger partial charge in [-0.3, -0.25) is 4.99 Å². The van der Waals surface area contributed by atoms with Gasteiger partial charge in [-0.15, -0.1) is 0 Å². The summed E-state index contributed by atoms with van der Waals surface area (Å²) in [6.07, 6.45) is 3.32. The molecule has 1 rings (SSSR count). The molecule has 0 aromatic rings. The summed E-state index contributed by atoms with van der Waals surface area (Å²) in [5, 5.41) is 0. The van der Waals surface area contributed by atoms with Crippen LogP contribution < -0.4 is 0 Å². The van der Waals surface area contributed by atoms with Gasteiger partial charge in [-0.2, -0.15) is 0 Å². The van der Waals surface area contributed by atoms with Crippen molar-refractivity contribution in [3.05, 3.63) is 0 Å². The number of rotatable bonds is 0. The Kier molecular flexibility index (Phi) is 7.81. The molecule has 0 atom stereocenters. The van der Waals surface area contributed by atoms with Gasteiger partial charge in [0.15, 0.2) is 0 Å². The molecular formula is C3H4AuCl3N2. The van der Waals surface area contributed by atoms with Crippen molar-refractivity contribution in [3.8, 4) is 0 Å². The Balaban J connectivity index is 0.000000148. The van der Waals surface area contributed by atoms with Gasteiger partial charge in [0.25, 0.3) is 0 Å². The van der Waals surface area contributed by atoms with E-state index in [1.807, 2.05) is 0 Å². The standard InChI is InChI=1S/C3H4N2.Au.3ClH/c1-2-5-3-4-1;;;;/h1,3H,2H2;;3*1H/q;+3;;;/p-3. The molecule has 0 spiro atoms. The van der Waals surface area contributed by atoms with Gasteiger partial charge in [-0.25, -0.2) is 4.99 Å². The Morgan fingerprint density at radius 3 is 2.00 bits per heavy atom. The van der Waals surface area contributed by atoms with Crippen LogP contribution in [0.3, 0.4) is 0 Å². The zero-order valence-electron chi connectivity index (χ0n) is 4.19. The van der Waals surface area contributed by atoms with Gasteiger partial charge in [0, 0.05) is 6.21 Å². The average Bonchev–Trinajstić information content (AvgIpc) is 2.11. The normalized spacial score (nSPS) is 14.8. The molecule has 0 saturated carbocycles. The Morgan fingerprint density at radius 1 is 1.33 bits per heavy atom. The van der Waals surface area contributed by atoms with Crippen molar-refractivity contribution in [1.82, 2.24) is 0 Å². The maximum absolute atomic E-state index is 4.95. The summed E-state index contributed by atoms with van der Waals surface area (Å²) in [5.74, 6) is 0. The van der Waals surface area contributed by atoms with E-state index in [1.165, 1.54) is 0 Å². The Morgan fingerprint density at radius 2 is 1.89 bits per heavy atom. The molecule has 0 aromatic carbocycles. The summed E-state index contributed by atoms with van der Waals surface area (Å²) < 4.78 is 0. The van der Waals surface area contributed by atoms with Gasteiger partial charge in [0.05, 0.1) is 6.54 Å². The van der Waals surface area contributed by atoms with Gasteiger partial charge >= 0.3 is 42.8 Å². The molecule has 1 aliphatic rings. The number of nitrogens with zero attached hydrogens (tertiary/aromatic N) is 2. The van der Waals surface area contributed by atoms with Crippen LogP contribution in [0.15, 0.2) is 9.98 Å². The third-order valence-corrected chi connectivity index (χ3v) is 0.441. The van der Waals surface area contributed by atoms with E-state index in [-0.39, 0.29) is 0 Å². The predicted octanol–water partition coefficient (Wildman–Crippen LogP) is 2.17. The first-order valence-electron chi connectivity index (χ1n) is 1.84. The monoisotopic (exact) mass is 370 g/mol. The summed E-state index contributed by atoms with van der Waals surface area (Å²) >= 11 is -1.79. The van der Waals surface area contributed by atoms with Crippen molar-refractivity contribution in [1.29, 1.82) is 0 Å². The topological polar surface area (TPSA) is 24.7 Å². The molecule has 0 bridgehead atoms. The van der Waals surface area contributed by atoms with Crippen LogP contribution in [-0.2, 0) is 15.2 Å². The number of hydrogen-bond acceptors (Lipinski definition) is 2. The summed E-state index contributed by atoms with van der Waals surface area (Å²) in [4.78, 5) is 7.40. The quantitative estimate of drug-likeness (QED) is 0.583. The van der Waals surface area contributed by atoms with Crippen LogP contribution >= 0.6 is 27.6 Å². The second kappa shape index (κ2) is 7.06. The van der Waals surface area contributed by atoms with Crippen LogP contribution in [0, 0.1) is 0 Å². The summed E-state index contributed by atoms with van der Waals surface area (Å²) in [6.45, 7) is 0.778. The van der Waals surface area contributed by atoms with Crippen molar-refractivity contribution in [2.45, 2.75) is 0 Å². The molecule has 0 aromatic heterocycles. The zero-order chi connectivity index (χ0) is 7.11. The molecule has 2 nitrogen and oxygen atoms in total. The van der Waals surface area contributed by atoms with Gasteiger partial charge in [0.2, 0.25) is 0 Å². The van der Waals surface area contributed by atoms with Crippen LogP contribution in [0.1, 0.15) is 0 Å². The van der Waals surface area contributed by atoms with Gasteiger partial charge in [0.1, 0.15) is 6.34 Å². The summed E-state index contributed by atoms with van der Waals surface area (Å²) in [6, 6.07) is 0.